The van der Waals surface area contributed by atoms with Crippen molar-refractivity contribution in [1.29, 1.82) is 5.26 Å². The quantitative estimate of drug-likeness (QED) is 0.686. The third-order valence-electron chi connectivity index (χ3n) is 2.74. The van der Waals surface area contributed by atoms with Crippen molar-refractivity contribution in [3.8, 4) is 6.07 Å². The number of halogens is 1. The third kappa shape index (κ3) is 3.25. The first kappa shape index (κ1) is 13.8. The zero-order valence-corrected chi connectivity index (χ0v) is 11.1. The summed E-state index contributed by atoms with van der Waals surface area (Å²) in [4.78, 5) is 10.3. The van der Waals surface area contributed by atoms with Crippen LogP contribution >= 0.6 is 11.6 Å². The number of benzene rings is 2. The molecule has 20 heavy (non-hydrogen) atoms. The first-order valence-corrected chi connectivity index (χ1v) is 6.15. The van der Waals surface area contributed by atoms with Crippen LogP contribution in [0, 0.1) is 21.4 Å². The summed E-state index contributed by atoms with van der Waals surface area (Å²) in [6.45, 7) is 0.367. The third-order valence-corrected chi connectivity index (χ3v) is 3.11. The molecule has 0 spiro atoms. The minimum Gasteiger partial charge on any atom is -0.381 e. The Balaban J connectivity index is 2.12. The summed E-state index contributed by atoms with van der Waals surface area (Å²) < 4.78 is 0. The molecule has 0 amide bonds. The van der Waals surface area contributed by atoms with Crippen LogP contribution in [0.25, 0.3) is 0 Å². The van der Waals surface area contributed by atoms with E-state index in [1.807, 2.05) is 6.07 Å². The Bertz CT molecular complexity index is 678. The van der Waals surface area contributed by atoms with Crippen molar-refractivity contribution in [2.24, 2.45) is 0 Å². The van der Waals surface area contributed by atoms with E-state index in [2.05, 4.69) is 5.32 Å². The topological polar surface area (TPSA) is 79.0 Å². The highest BCUT2D eigenvalue weighted by Gasteiger charge is 2.09. The lowest BCUT2D eigenvalue weighted by Gasteiger charge is -2.08. The van der Waals surface area contributed by atoms with Gasteiger partial charge in [0.1, 0.15) is 0 Å². The molecule has 0 atom stereocenters. The standard InChI is InChI=1S/C14H10ClN3O2/c15-14-6-5-13(18(19)20)7-11(14)9-17-12-3-1-10(8-16)2-4-12/h1-7,17H,9H2. The molecular formula is C14H10ClN3O2. The molecule has 0 aliphatic carbocycles. The maximum Gasteiger partial charge on any atom is 0.269 e. The van der Waals surface area contributed by atoms with E-state index in [0.29, 0.717) is 22.7 Å². The van der Waals surface area contributed by atoms with Crippen LogP contribution in [0.1, 0.15) is 11.1 Å². The van der Waals surface area contributed by atoms with Crippen molar-refractivity contribution in [2.45, 2.75) is 6.54 Å². The summed E-state index contributed by atoms with van der Waals surface area (Å²) in [6, 6.07) is 13.3. The Labute approximate surface area is 120 Å². The summed E-state index contributed by atoms with van der Waals surface area (Å²) >= 11 is 6.01. The maximum atomic E-state index is 10.7. The highest BCUT2D eigenvalue weighted by molar-refractivity contribution is 6.31. The first-order chi connectivity index (χ1) is 9.60. The van der Waals surface area contributed by atoms with Gasteiger partial charge in [0.2, 0.25) is 0 Å². The van der Waals surface area contributed by atoms with Crippen molar-refractivity contribution in [2.75, 3.05) is 5.32 Å². The van der Waals surface area contributed by atoms with Gasteiger partial charge in [0.05, 0.1) is 16.6 Å². The zero-order chi connectivity index (χ0) is 14.5. The minimum atomic E-state index is -0.457. The van der Waals surface area contributed by atoms with Gasteiger partial charge in [-0.2, -0.15) is 5.26 Å². The SMILES string of the molecule is N#Cc1ccc(NCc2cc([N+](=O)[O-])ccc2Cl)cc1. The van der Waals surface area contributed by atoms with Gasteiger partial charge in [0.15, 0.2) is 0 Å². The second kappa shape index (κ2) is 6.04. The molecule has 5 nitrogen and oxygen atoms in total. The number of nitro benzene ring substituents is 1. The fourth-order valence-electron chi connectivity index (χ4n) is 1.67. The van der Waals surface area contributed by atoms with E-state index in [9.17, 15) is 10.1 Å². The number of hydrogen-bond acceptors (Lipinski definition) is 4. The van der Waals surface area contributed by atoms with Gasteiger partial charge in [-0.1, -0.05) is 11.6 Å². The molecular weight excluding hydrogens is 278 g/mol. The van der Waals surface area contributed by atoms with Crippen molar-refractivity contribution in [3.05, 3.63) is 68.7 Å². The number of anilines is 1. The van der Waals surface area contributed by atoms with Crippen molar-refractivity contribution in [3.63, 3.8) is 0 Å². The molecule has 1 N–H and O–H groups in total. The number of rotatable bonds is 4. The highest BCUT2D eigenvalue weighted by atomic mass is 35.5. The first-order valence-electron chi connectivity index (χ1n) is 5.77. The number of nitrogens with zero attached hydrogens (tertiary/aromatic N) is 2. The lowest BCUT2D eigenvalue weighted by molar-refractivity contribution is -0.384. The summed E-state index contributed by atoms with van der Waals surface area (Å²) in [5.41, 5.74) is 2.03. The average Bonchev–Trinajstić information content (AvgIpc) is 2.46. The summed E-state index contributed by atoms with van der Waals surface area (Å²) in [7, 11) is 0. The Hall–Kier alpha value is -2.58. The maximum absolute atomic E-state index is 10.7. The van der Waals surface area contributed by atoms with Crippen molar-refractivity contribution < 1.29 is 4.92 Å². The largest absolute Gasteiger partial charge is 0.381 e. The van der Waals surface area contributed by atoms with Crippen LogP contribution in [0.3, 0.4) is 0 Å². The van der Waals surface area contributed by atoms with Crippen LogP contribution in [0.2, 0.25) is 5.02 Å². The van der Waals surface area contributed by atoms with Crippen molar-refractivity contribution in [1.82, 2.24) is 0 Å². The Kier molecular flexibility index (Phi) is 4.18. The van der Waals surface area contributed by atoms with Gasteiger partial charge in [-0.25, -0.2) is 0 Å². The van der Waals surface area contributed by atoms with Crippen LogP contribution in [0.4, 0.5) is 11.4 Å². The lowest BCUT2D eigenvalue weighted by atomic mass is 10.2. The predicted molar refractivity (Wildman–Crippen MR) is 76.6 cm³/mol. The number of non-ortho nitro benzene ring substituents is 1. The molecule has 2 aromatic carbocycles. The molecule has 0 aliphatic rings. The van der Waals surface area contributed by atoms with Gasteiger partial charge in [-0.15, -0.1) is 0 Å². The van der Waals surface area contributed by atoms with E-state index in [1.165, 1.54) is 18.2 Å². The molecule has 0 unspecified atom stereocenters. The number of nitriles is 1. The molecule has 2 rings (SSSR count). The number of nitrogens with one attached hydrogen (secondary N) is 1. The average molecular weight is 288 g/mol. The van der Waals surface area contributed by atoms with E-state index in [4.69, 9.17) is 16.9 Å². The molecule has 0 saturated heterocycles. The molecule has 0 heterocycles. The van der Waals surface area contributed by atoms with Gasteiger partial charge in [0.25, 0.3) is 5.69 Å². The monoisotopic (exact) mass is 287 g/mol. The number of hydrogen-bond donors (Lipinski definition) is 1. The fourth-order valence-corrected chi connectivity index (χ4v) is 1.85. The summed E-state index contributed by atoms with van der Waals surface area (Å²) in [6.07, 6.45) is 0. The van der Waals surface area contributed by atoms with Crippen LogP contribution in [0.15, 0.2) is 42.5 Å². The lowest BCUT2D eigenvalue weighted by Crippen LogP contribution is -2.01. The van der Waals surface area contributed by atoms with Gasteiger partial charge in [-0.3, -0.25) is 10.1 Å². The van der Waals surface area contributed by atoms with E-state index >= 15 is 0 Å². The second-order valence-corrected chi connectivity index (χ2v) is 4.48. The Morgan fingerprint density at radius 2 is 1.95 bits per heavy atom. The Morgan fingerprint density at radius 1 is 1.25 bits per heavy atom. The zero-order valence-electron chi connectivity index (χ0n) is 10.3. The molecule has 0 saturated carbocycles. The molecule has 100 valence electrons. The predicted octanol–water partition coefficient (Wildman–Crippen LogP) is 3.73. The second-order valence-electron chi connectivity index (χ2n) is 4.08. The van der Waals surface area contributed by atoms with Crippen LogP contribution in [0.5, 0.6) is 0 Å². The molecule has 0 radical (unpaired) electrons. The molecule has 0 aliphatic heterocycles. The highest BCUT2D eigenvalue weighted by Crippen LogP contribution is 2.23. The van der Waals surface area contributed by atoms with Crippen LogP contribution in [-0.2, 0) is 6.54 Å². The number of nitro groups is 1. The Morgan fingerprint density at radius 3 is 2.55 bits per heavy atom. The molecule has 2 aromatic rings. The van der Waals surface area contributed by atoms with E-state index in [-0.39, 0.29) is 5.69 Å². The molecule has 0 bridgehead atoms. The normalized spacial score (nSPS) is 9.80. The van der Waals surface area contributed by atoms with E-state index in [1.54, 1.807) is 24.3 Å². The van der Waals surface area contributed by atoms with E-state index < -0.39 is 4.92 Å². The summed E-state index contributed by atoms with van der Waals surface area (Å²) in [5.74, 6) is 0. The van der Waals surface area contributed by atoms with Gasteiger partial charge >= 0.3 is 0 Å². The minimum absolute atomic E-state index is 0.00558. The van der Waals surface area contributed by atoms with Gasteiger partial charge < -0.3 is 5.32 Å². The smallest absolute Gasteiger partial charge is 0.269 e. The molecule has 0 aromatic heterocycles. The van der Waals surface area contributed by atoms with Crippen LogP contribution in [-0.4, -0.2) is 4.92 Å². The van der Waals surface area contributed by atoms with Crippen LogP contribution < -0.4 is 5.32 Å². The summed E-state index contributed by atoms with van der Waals surface area (Å²) in [5, 5.41) is 23.0. The van der Waals surface area contributed by atoms with Gasteiger partial charge in [-0.05, 0) is 35.9 Å². The van der Waals surface area contributed by atoms with Crippen molar-refractivity contribution >= 4 is 23.0 Å². The molecule has 0 fully saturated rings. The van der Waals surface area contributed by atoms with E-state index in [0.717, 1.165) is 5.69 Å². The molecule has 6 heteroatoms. The van der Waals surface area contributed by atoms with Gasteiger partial charge in [0, 0.05) is 29.4 Å². The fraction of sp³-hybridized carbons (Fsp3) is 0.0714.